The fraction of sp³-hybridized carbons (Fsp3) is 0.706. The van der Waals surface area contributed by atoms with Crippen molar-refractivity contribution < 1.29 is 9.21 Å². The van der Waals surface area contributed by atoms with E-state index in [0.29, 0.717) is 12.5 Å². The van der Waals surface area contributed by atoms with Crippen LogP contribution in [0.2, 0.25) is 0 Å². The summed E-state index contributed by atoms with van der Waals surface area (Å²) in [5, 5.41) is 0. The number of amides is 1. The van der Waals surface area contributed by atoms with E-state index in [2.05, 4.69) is 15.9 Å². The summed E-state index contributed by atoms with van der Waals surface area (Å²) in [7, 11) is 1.92. The molecule has 21 heavy (non-hydrogen) atoms. The predicted octanol–water partition coefficient (Wildman–Crippen LogP) is 3.97. The van der Waals surface area contributed by atoms with E-state index >= 15 is 0 Å². The second-order valence-electron chi connectivity index (χ2n) is 7.63. The third-order valence-corrected chi connectivity index (χ3v) is 6.69. The maximum Gasteiger partial charge on any atom is 0.229 e. The minimum atomic E-state index is -0.116. The van der Waals surface area contributed by atoms with Crippen molar-refractivity contribution in [2.24, 2.45) is 17.3 Å². The predicted molar refractivity (Wildman–Crippen MR) is 84.0 cm³/mol. The van der Waals surface area contributed by atoms with Crippen molar-refractivity contribution in [1.82, 2.24) is 4.90 Å². The largest absolute Gasteiger partial charge is 0.467 e. The van der Waals surface area contributed by atoms with E-state index in [4.69, 9.17) is 4.42 Å². The van der Waals surface area contributed by atoms with Crippen LogP contribution in [0.3, 0.4) is 0 Å². The van der Waals surface area contributed by atoms with Crippen LogP contribution >= 0.6 is 15.9 Å². The Labute approximate surface area is 134 Å². The number of carbonyl (C=O) groups excluding carboxylic acids is 1. The van der Waals surface area contributed by atoms with Crippen molar-refractivity contribution >= 4 is 21.8 Å². The van der Waals surface area contributed by atoms with Gasteiger partial charge < -0.3 is 9.32 Å². The monoisotopic (exact) mass is 351 g/mol. The molecular formula is C17H22BrNO2. The van der Waals surface area contributed by atoms with Crippen molar-refractivity contribution in [2.45, 2.75) is 49.4 Å². The average Bonchev–Trinajstić information content (AvgIpc) is 2.87. The summed E-state index contributed by atoms with van der Waals surface area (Å²) in [5.74, 6) is 2.68. The Morgan fingerprint density at radius 3 is 2.67 bits per heavy atom. The molecule has 1 aromatic rings. The highest BCUT2D eigenvalue weighted by Gasteiger charge is 2.60. The molecule has 1 aromatic heterocycles. The van der Waals surface area contributed by atoms with Crippen LogP contribution in [0.5, 0.6) is 0 Å². The fourth-order valence-corrected chi connectivity index (χ4v) is 6.97. The first-order chi connectivity index (χ1) is 9.98. The molecule has 4 saturated carbocycles. The van der Waals surface area contributed by atoms with Crippen molar-refractivity contribution in [2.75, 3.05) is 7.05 Å². The van der Waals surface area contributed by atoms with Crippen LogP contribution in [0.15, 0.2) is 22.8 Å². The van der Waals surface area contributed by atoms with Gasteiger partial charge in [-0.2, -0.15) is 0 Å². The van der Waals surface area contributed by atoms with Crippen LogP contribution in [0.1, 0.15) is 44.3 Å². The second-order valence-corrected chi connectivity index (χ2v) is 9.32. The van der Waals surface area contributed by atoms with E-state index in [1.54, 1.807) is 6.26 Å². The number of halogens is 1. The first-order valence-electron chi connectivity index (χ1n) is 7.95. The minimum absolute atomic E-state index is 0.116. The highest BCUT2D eigenvalue weighted by molar-refractivity contribution is 9.10. The van der Waals surface area contributed by atoms with Gasteiger partial charge in [0.15, 0.2) is 0 Å². The zero-order valence-corrected chi connectivity index (χ0v) is 14.1. The van der Waals surface area contributed by atoms with Crippen molar-refractivity contribution in [3.8, 4) is 0 Å². The van der Waals surface area contributed by atoms with Gasteiger partial charge in [-0.15, -0.1) is 0 Å². The lowest BCUT2D eigenvalue weighted by molar-refractivity contribution is -0.154. The van der Waals surface area contributed by atoms with Crippen LogP contribution in [-0.4, -0.2) is 22.2 Å². The Kier molecular flexibility index (Phi) is 3.04. The SMILES string of the molecule is CN(Cc1ccco1)C(=O)C12CC3CC(CC(Br)(C3)C1)C2. The fourth-order valence-electron chi connectivity index (χ4n) is 5.51. The van der Waals surface area contributed by atoms with E-state index in [-0.39, 0.29) is 9.74 Å². The molecule has 4 bridgehead atoms. The Morgan fingerprint density at radius 2 is 2.10 bits per heavy atom. The highest BCUT2D eigenvalue weighted by Crippen LogP contribution is 2.64. The van der Waals surface area contributed by atoms with Crippen LogP contribution < -0.4 is 0 Å². The molecule has 0 spiro atoms. The quantitative estimate of drug-likeness (QED) is 0.772. The van der Waals surface area contributed by atoms with E-state index in [1.807, 2.05) is 24.1 Å². The van der Waals surface area contributed by atoms with Gasteiger partial charge in [0.2, 0.25) is 5.91 Å². The molecule has 0 N–H and O–H groups in total. The molecule has 114 valence electrons. The van der Waals surface area contributed by atoms with E-state index in [1.165, 1.54) is 19.3 Å². The Morgan fingerprint density at radius 1 is 1.38 bits per heavy atom. The normalized spacial score (nSPS) is 40.5. The summed E-state index contributed by atoms with van der Waals surface area (Å²) in [6.07, 6.45) is 8.75. The van der Waals surface area contributed by atoms with Crippen LogP contribution in [0.25, 0.3) is 0 Å². The molecule has 1 heterocycles. The number of nitrogens with zero attached hydrogens (tertiary/aromatic N) is 1. The summed E-state index contributed by atoms with van der Waals surface area (Å²) >= 11 is 3.98. The Bertz CT molecular complexity index is 539. The number of rotatable bonds is 3. The maximum atomic E-state index is 13.1. The lowest BCUT2D eigenvalue weighted by Crippen LogP contribution is -2.58. The van der Waals surface area contributed by atoms with Gasteiger partial charge in [0.05, 0.1) is 18.2 Å². The van der Waals surface area contributed by atoms with Crippen molar-refractivity contribution in [3.05, 3.63) is 24.2 Å². The van der Waals surface area contributed by atoms with Gasteiger partial charge in [-0.05, 0) is 62.5 Å². The topological polar surface area (TPSA) is 33.5 Å². The Balaban J connectivity index is 1.56. The number of hydrogen-bond acceptors (Lipinski definition) is 2. The molecule has 4 heteroatoms. The van der Waals surface area contributed by atoms with Gasteiger partial charge in [-0.3, -0.25) is 4.79 Å². The first kappa shape index (κ1) is 13.9. The van der Waals surface area contributed by atoms with Gasteiger partial charge in [0, 0.05) is 11.4 Å². The van der Waals surface area contributed by atoms with Crippen LogP contribution in [-0.2, 0) is 11.3 Å². The van der Waals surface area contributed by atoms with Crippen LogP contribution in [0.4, 0.5) is 0 Å². The lowest BCUT2D eigenvalue weighted by atomic mass is 9.49. The standard InChI is InChI=1S/C17H22BrNO2/c1-19(10-14-3-2-4-21-14)15(20)16-6-12-5-13(7-16)9-17(18,8-12)11-16/h2-4,12-13H,5-11H2,1H3. The first-order valence-corrected chi connectivity index (χ1v) is 8.74. The molecule has 1 amide bonds. The molecule has 4 aliphatic carbocycles. The smallest absolute Gasteiger partial charge is 0.229 e. The van der Waals surface area contributed by atoms with Crippen molar-refractivity contribution in [1.29, 1.82) is 0 Å². The molecule has 0 aliphatic heterocycles. The number of hydrogen-bond donors (Lipinski definition) is 0. The molecule has 0 radical (unpaired) electrons. The zero-order chi connectivity index (χ0) is 14.7. The number of carbonyl (C=O) groups is 1. The number of alkyl halides is 1. The molecule has 5 rings (SSSR count). The second kappa shape index (κ2) is 4.61. The third kappa shape index (κ3) is 2.26. The maximum absolute atomic E-state index is 13.1. The summed E-state index contributed by atoms with van der Waals surface area (Å²) < 4.78 is 5.62. The molecule has 3 nitrogen and oxygen atoms in total. The van der Waals surface area contributed by atoms with E-state index < -0.39 is 0 Å². The zero-order valence-electron chi connectivity index (χ0n) is 12.5. The molecule has 0 saturated heterocycles. The third-order valence-electron chi connectivity index (χ3n) is 5.76. The van der Waals surface area contributed by atoms with Gasteiger partial charge in [0.1, 0.15) is 5.76 Å². The molecule has 4 aliphatic rings. The summed E-state index contributed by atoms with van der Waals surface area (Å²) in [6, 6.07) is 3.82. The average molecular weight is 352 g/mol. The van der Waals surface area contributed by atoms with Gasteiger partial charge in [-0.1, -0.05) is 15.9 Å². The molecular weight excluding hydrogens is 330 g/mol. The highest BCUT2D eigenvalue weighted by atomic mass is 79.9. The van der Waals surface area contributed by atoms with Crippen LogP contribution in [0, 0.1) is 17.3 Å². The Hall–Kier alpha value is -0.770. The van der Waals surface area contributed by atoms with Gasteiger partial charge in [-0.25, -0.2) is 0 Å². The molecule has 2 atom stereocenters. The summed E-state index contributed by atoms with van der Waals surface area (Å²) in [6.45, 7) is 0.582. The minimum Gasteiger partial charge on any atom is -0.467 e. The van der Waals surface area contributed by atoms with Crippen molar-refractivity contribution in [3.63, 3.8) is 0 Å². The molecule has 2 unspecified atom stereocenters. The summed E-state index contributed by atoms with van der Waals surface area (Å²) in [5.41, 5.74) is -0.116. The van der Waals surface area contributed by atoms with E-state index in [9.17, 15) is 4.79 Å². The van der Waals surface area contributed by atoms with E-state index in [0.717, 1.165) is 36.9 Å². The molecule has 4 fully saturated rings. The van der Waals surface area contributed by atoms with Gasteiger partial charge in [0.25, 0.3) is 0 Å². The molecule has 0 aromatic carbocycles. The summed E-state index contributed by atoms with van der Waals surface area (Å²) in [4.78, 5) is 15.0. The van der Waals surface area contributed by atoms with Gasteiger partial charge >= 0.3 is 0 Å². The lowest BCUT2D eigenvalue weighted by Gasteiger charge is -2.59. The number of furan rings is 1.